The van der Waals surface area contributed by atoms with E-state index in [2.05, 4.69) is 17.1 Å². The molecule has 20 heavy (non-hydrogen) atoms. The largest absolute Gasteiger partial charge is 0.480 e. The van der Waals surface area contributed by atoms with Crippen molar-refractivity contribution in [1.82, 2.24) is 10.2 Å². The first-order valence-electron chi connectivity index (χ1n) is 7.61. The Bertz CT molecular complexity index is 324. The van der Waals surface area contributed by atoms with E-state index in [4.69, 9.17) is 4.74 Å². The second-order valence-electron chi connectivity index (χ2n) is 6.35. The highest BCUT2D eigenvalue weighted by Crippen LogP contribution is 2.24. The van der Waals surface area contributed by atoms with Crippen LogP contribution >= 0.6 is 0 Å². The molecule has 0 spiro atoms. The number of carbonyl (C=O) groups is 1. The first-order valence-corrected chi connectivity index (χ1v) is 7.61. The van der Waals surface area contributed by atoms with Gasteiger partial charge in [-0.2, -0.15) is 0 Å². The molecule has 0 aromatic carbocycles. The molecule has 0 bridgehead atoms. The predicted octanol–water partition coefficient (Wildman–Crippen LogP) is 1.72. The van der Waals surface area contributed by atoms with Gasteiger partial charge < -0.3 is 20.1 Å². The lowest BCUT2D eigenvalue weighted by Gasteiger charge is -2.40. The minimum atomic E-state index is -0.836. The summed E-state index contributed by atoms with van der Waals surface area (Å²) in [4.78, 5) is 13.8. The lowest BCUT2D eigenvalue weighted by molar-refractivity contribution is -0.144. The first kappa shape index (κ1) is 17.4. The molecule has 118 valence electrons. The Morgan fingerprint density at radius 1 is 1.55 bits per heavy atom. The van der Waals surface area contributed by atoms with Gasteiger partial charge in [0.05, 0.1) is 5.60 Å². The van der Waals surface area contributed by atoms with Crippen LogP contribution in [-0.2, 0) is 9.53 Å². The van der Waals surface area contributed by atoms with E-state index in [0.29, 0.717) is 6.42 Å². The number of carboxylic acid groups (broad SMARTS) is 1. The summed E-state index contributed by atoms with van der Waals surface area (Å²) >= 11 is 0. The number of methoxy groups -OCH3 is 1. The minimum Gasteiger partial charge on any atom is -0.480 e. The zero-order valence-electron chi connectivity index (χ0n) is 13.4. The summed E-state index contributed by atoms with van der Waals surface area (Å²) in [6.07, 6.45) is 3.73. The molecule has 2 atom stereocenters. The zero-order chi connectivity index (χ0) is 15.2. The fourth-order valence-electron chi connectivity index (χ4n) is 2.72. The van der Waals surface area contributed by atoms with Gasteiger partial charge in [0.15, 0.2) is 0 Å². The average molecular weight is 286 g/mol. The van der Waals surface area contributed by atoms with Crippen molar-refractivity contribution >= 4 is 5.97 Å². The van der Waals surface area contributed by atoms with Crippen molar-refractivity contribution in [2.24, 2.45) is 0 Å². The lowest BCUT2D eigenvalue weighted by Crippen LogP contribution is -2.53. The first-order chi connectivity index (χ1) is 9.35. The second-order valence-corrected chi connectivity index (χ2v) is 6.35. The van der Waals surface area contributed by atoms with Gasteiger partial charge in [-0.3, -0.25) is 4.79 Å². The topological polar surface area (TPSA) is 61.8 Å². The average Bonchev–Trinajstić information content (AvgIpc) is 2.43. The third kappa shape index (κ3) is 4.72. The van der Waals surface area contributed by atoms with Crippen molar-refractivity contribution in [2.75, 3.05) is 33.3 Å². The summed E-state index contributed by atoms with van der Waals surface area (Å²) in [6.45, 7) is 9.39. The number of aliphatic carboxylic acids is 1. The van der Waals surface area contributed by atoms with Crippen molar-refractivity contribution in [2.45, 2.75) is 57.6 Å². The molecule has 0 radical (unpaired) electrons. The van der Waals surface area contributed by atoms with E-state index in [1.807, 2.05) is 6.92 Å². The van der Waals surface area contributed by atoms with E-state index >= 15 is 0 Å². The summed E-state index contributed by atoms with van der Waals surface area (Å²) in [5, 5.41) is 12.6. The molecule has 5 nitrogen and oxygen atoms in total. The maximum atomic E-state index is 11.5. The van der Waals surface area contributed by atoms with Crippen molar-refractivity contribution in [3.05, 3.63) is 0 Å². The molecule has 1 fully saturated rings. The van der Waals surface area contributed by atoms with Crippen LogP contribution in [0.4, 0.5) is 0 Å². The van der Waals surface area contributed by atoms with Gasteiger partial charge in [0.2, 0.25) is 0 Å². The molecule has 0 amide bonds. The summed E-state index contributed by atoms with van der Waals surface area (Å²) < 4.78 is 5.58. The number of hydrogen-bond donors (Lipinski definition) is 2. The van der Waals surface area contributed by atoms with Crippen LogP contribution in [0, 0.1) is 0 Å². The minimum absolute atomic E-state index is 0.0886. The Labute approximate surface area is 122 Å². The number of ether oxygens (including phenoxy) is 1. The van der Waals surface area contributed by atoms with Crippen LogP contribution in [0.2, 0.25) is 0 Å². The SMILES string of the molecule is CCCNC(C)(CCN1CCCC(C)(OC)C1)C(=O)O. The maximum absolute atomic E-state index is 11.5. The number of carboxylic acids is 1. The normalized spacial score (nSPS) is 27.2. The third-order valence-corrected chi connectivity index (χ3v) is 4.40. The fourth-order valence-corrected chi connectivity index (χ4v) is 2.72. The van der Waals surface area contributed by atoms with Crippen LogP contribution in [-0.4, -0.2) is 60.4 Å². The Balaban J connectivity index is 2.52. The van der Waals surface area contributed by atoms with Crippen LogP contribution < -0.4 is 5.32 Å². The Hall–Kier alpha value is -0.650. The molecule has 1 heterocycles. The molecule has 1 rings (SSSR count). The van der Waals surface area contributed by atoms with E-state index in [9.17, 15) is 9.90 Å². The third-order valence-electron chi connectivity index (χ3n) is 4.40. The van der Waals surface area contributed by atoms with Gasteiger partial charge in [0.25, 0.3) is 0 Å². The fraction of sp³-hybridized carbons (Fsp3) is 0.933. The van der Waals surface area contributed by atoms with Crippen LogP contribution in [0.15, 0.2) is 0 Å². The van der Waals surface area contributed by atoms with Crippen LogP contribution in [0.1, 0.15) is 46.5 Å². The lowest BCUT2D eigenvalue weighted by atomic mass is 9.92. The molecule has 0 aromatic heterocycles. The van der Waals surface area contributed by atoms with Crippen molar-refractivity contribution in [3.8, 4) is 0 Å². The van der Waals surface area contributed by atoms with Gasteiger partial charge in [0.1, 0.15) is 5.54 Å². The number of rotatable bonds is 8. The van der Waals surface area contributed by atoms with Gasteiger partial charge in [-0.05, 0) is 52.6 Å². The van der Waals surface area contributed by atoms with E-state index in [1.54, 1.807) is 14.0 Å². The molecule has 1 aliphatic rings. The highest BCUT2D eigenvalue weighted by atomic mass is 16.5. The molecule has 0 aromatic rings. The maximum Gasteiger partial charge on any atom is 0.323 e. The highest BCUT2D eigenvalue weighted by Gasteiger charge is 2.35. The van der Waals surface area contributed by atoms with Crippen molar-refractivity contribution in [3.63, 3.8) is 0 Å². The second kappa shape index (κ2) is 7.38. The quantitative estimate of drug-likeness (QED) is 0.711. The molecule has 1 saturated heterocycles. The van der Waals surface area contributed by atoms with Crippen LogP contribution in [0.5, 0.6) is 0 Å². The number of hydrogen-bond acceptors (Lipinski definition) is 4. The zero-order valence-corrected chi connectivity index (χ0v) is 13.4. The molecule has 5 heteroatoms. The Morgan fingerprint density at radius 2 is 2.25 bits per heavy atom. The molecular formula is C15H30N2O3. The van der Waals surface area contributed by atoms with Crippen LogP contribution in [0.25, 0.3) is 0 Å². The van der Waals surface area contributed by atoms with E-state index in [1.165, 1.54) is 0 Å². The molecule has 1 aliphatic heterocycles. The van der Waals surface area contributed by atoms with E-state index in [0.717, 1.165) is 45.4 Å². The summed E-state index contributed by atoms with van der Waals surface area (Å²) in [6, 6.07) is 0. The summed E-state index contributed by atoms with van der Waals surface area (Å²) in [7, 11) is 1.76. The van der Waals surface area contributed by atoms with Crippen molar-refractivity contribution < 1.29 is 14.6 Å². The molecule has 2 unspecified atom stereocenters. The molecule has 0 aliphatic carbocycles. The van der Waals surface area contributed by atoms with Gasteiger partial charge in [-0.1, -0.05) is 6.92 Å². The van der Waals surface area contributed by atoms with Gasteiger partial charge in [0, 0.05) is 20.2 Å². The molecular weight excluding hydrogens is 256 g/mol. The predicted molar refractivity (Wildman–Crippen MR) is 80.0 cm³/mol. The van der Waals surface area contributed by atoms with E-state index < -0.39 is 11.5 Å². The summed E-state index contributed by atoms with van der Waals surface area (Å²) in [5.41, 5.74) is -0.925. The number of piperidine rings is 1. The van der Waals surface area contributed by atoms with E-state index in [-0.39, 0.29) is 5.60 Å². The Kier molecular flexibility index (Phi) is 6.43. The molecule has 2 N–H and O–H groups in total. The summed E-state index contributed by atoms with van der Waals surface area (Å²) in [5.74, 6) is -0.766. The Morgan fingerprint density at radius 3 is 2.80 bits per heavy atom. The van der Waals surface area contributed by atoms with Gasteiger partial charge in [-0.25, -0.2) is 0 Å². The van der Waals surface area contributed by atoms with Gasteiger partial charge in [-0.15, -0.1) is 0 Å². The smallest absolute Gasteiger partial charge is 0.323 e. The number of nitrogens with one attached hydrogen (secondary N) is 1. The van der Waals surface area contributed by atoms with Crippen LogP contribution in [0.3, 0.4) is 0 Å². The van der Waals surface area contributed by atoms with Crippen molar-refractivity contribution in [1.29, 1.82) is 0 Å². The standard InChI is InChI=1S/C15H30N2O3/c1-5-9-16-15(3,13(18)19)8-11-17-10-6-7-14(2,12-17)20-4/h16H,5-12H2,1-4H3,(H,18,19). The molecule has 0 saturated carbocycles. The number of nitrogens with zero attached hydrogens (tertiary/aromatic N) is 1. The van der Waals surface area contributed by atoms with Gasteiger partial charge >= 0.3 is 5.97 Å². The highest BCUT2D eigenvalue weighted by molar-refractivity contribution is 5.78. The monoisotopic (exact) mass is 286 g/mol. The number of likely N-dealkylation sites (tertiary alicyclic amines) is 1.